The molecule has 4 heteroatoms. The van der Waals surface area contributed by atoms with E-state index in [-0.39, 0.29) is 17.2 Å². The fourth-order valence-electron chi connectivity index (χ4n) is 4.11. The first-order valence-electron chi connectivity index (χ1n) is 11.1. The van der Waals surface area contributed by atoms with Crippen LogP contribution in [-0.4, -0.2) is 37.0 Å². The van der Waals surface area contributed by atoms with Gasteiger partial charge in [0.15, 0.2) is 0 Å². The number of benzene rings is 2. The van der Waals surface area contributed by atoms with E-state index in [1.54, 1.807) is 0 Å². The minimum Gasteiger partial charge on any atom is -0.491 e. The number of hydrogen-bond acceptors (Lipinski definition) is 3. The Morgan fingerprint density at radius 2 is 1.83 bits per heavy atom. The second-order valence-electron chi connectivity index (χ2n) is 9.43. The van der Waals surface area contributed by atoms with E-state index in [1.807, 2.05) is 18.2 Å². The van der Waals surface area contributed by atoms with Gasteiger partial charge in [0.25, 0.3) is 0 Å². The summed E-state index contributed by atoms with van der Waals surface area (Å²) in [4.78, 5) is 15.0. The largest absolute Gasteiger partial charge is 0.491 e. The number of ether oxygens (including phenoxy) is 1. The number of nitrogens with zero attached hydrogens (tertiary/aromatic N) is 1. The van der Waals surface area contributed by atoms with E-state index in [1.165, 1.54) is 16.7 Å². The smallest absolute Gasteiger partial charge is 0.223 e. The van der Waals surface area contributed by atoms with Crippen LogP contribution >= 0.6 is 0 Å². The maximum Gasteiger partial charge on any atom is 0.223 e. The third-order valence-electron chi connectivity index (χ3n) is 5.80. The maximum atomic E-state index is 12.6. The molecule has 3 rings (SSSR count). The predicted octanol–water partition coefficient (Wildman–Crippen LogP) is 4.70. The monoisotopic (exact) mass is 408 g/mol. The molecule has 1 N–H and O–H groups in total. The van der Waals surface area contributed by atoms with Gasteiger partial charge in [-0.25, -0.2) is 0 Å². The number of hydrogen-bond donors (Lipinski definition) is 1. The Hall–Kier alpha value is -2.33. The van der Waals surface area contributed by atoms with E-state index in [0.717, 1.165) is 38.2 Å². The van der Waals surface area contributed by atoms with Crippen molar-refractivity contribution in [1.29, 1.82) is 0 Å². The van der Waals surface area contributed by atoms with Gasteiger partial charge in [-0.05, 0) is 55.5 Å². The van der Waals surface area contributed by atoms with E-state index in [4.69, 9.17) is 4.74 Å². The Bertz CT molecular complexity index is 833. The van der Waals surface area contributed by atoms with Crippen LogP contribution in [0.5, 0.6) is 5.75 Å². The van der Waals surface area contributed by atoms with Crippen LogP contribution in [0.25, 0.3) is 0 Å². The van der Waals surface area contributed by atoms with Gasteiger partial charge >= 0.3 is 0 Å². The lowest BCUT2D eigenvalue weighted by Gasteiger charge is -2.31. The summed E-state index contributed by atoms with van der Waals surface area (Å²) in [6.45, 7) is 12.6. The molecule has 1 aliphatic heterocycles. The molecule has 0 spiro atoms. The van der Waals surface area contributed by atoms with Crippen molar-refractivity contribution < 1.29 is 9.53 Å². The number of amides is 1. The first-order valence-corrected chi connectivity index (χ1v) is 11.1. The quantitative estimate of drug-likeness (QED) is 0.675. The van der Waals surface area contributed by atoms with E-state index in [2.05, 4.69) is 68.2 Å². The molecule has 1 heterocycles. The molecule has 2 aromatic rings. The second kappa shape index (κ2) is 10.1. The lowest BCUT2D eigenvalue weighted by molar-refractivity contribution is -0.126. The molecule has 1 fully saturated rings. The van der Waals surface area contributed by atoms with Gasteiger partial charge in [-0.2, -0.15) is 0 Å². The molecule has 0 aromatic heterocycles. The van der Waals surface area contributed by atoms with Crippen molar-refractivity contribution in [2.24, 2.45) is 5.92 Å². The van der Waals surface area contributed by atoms with Crippen molar-refractivity contribution >= 4 is 5.91 Å². The highest BCUT2D eigenvalue weighted by atomic mass is 16.5. The highest BCUT2D eigenvalue weighted by molar-refractivity contribution is 5.78. The molecule has 1 saturated heterocycles. The average Bonchev–Trinajstić information content (AvgIpc) is 2.71. The zero-order chi connectivity index (χ0) is 21.6. The Balaban J connectivity index is 1.39. The molecule has 162 valence electrons. The zero-order valence-electron chi connectivity index (χ0n) is 18.9. The number of nitrogens with one attached hydrogen (secondary N) is 1. The molecule has 2 aromatic carbocycles. The van der Waals surface area contributed by atoms with E-state index < -0.39 is 0 Å². The molecule has 1 amide bonds. The van der Waals surface area contributed by atoms with Gasteiger partial charge in [-0.15, -0.1) is 0 Å². The predicted molar refractivity (Wildman–Crippen MR) is 123 cm³/mol. The minimum absolute atomic E-state index is 0.0340. The van der Waals surface area contributed by atoms with Crippen LogP contribution in [-0.2, 0) is 16.8 Å². The van der Waals surface area contributed by atoms with Gasteiger partial charge in [0.1, 0.15) is 12.4 Å². The van der Waals surface area contributed by atoms with Crippen molar-refractivity contribution in [2.75, 3.05) is 26.2 Å². The summed E-state index contributed by atoms with van der Waals surface area (Å²) in [5, 5.41) is 3.07. The highest BCUT2D eigenvalue weighted by Gasteiger charge is 2.25. The van der Waals surface area contributed by atoms with Gasteiger partial charge in [0.2, 0.25) is 5.91 Å². The van der Waals surface area contributed by atoms with Crippen LogP contribution in [0, 0.1) is 12.8 Å². The van der Waals surface area contributed by atoms with Crippen molar-refractivity contribution in [3.63, 3.8) is 0 Å². The average molecular weight is 409 g/mol. The van der Waals surface area contributed by atoms with E-state index >= 15 is 0 Å². The molecule has 4 nitrogen and oxygen atoms in total. The topological polar surface area (TPSA) is 41.6 Å². The molecular formula is C26H36N2O2. The summed E-state index contributed by atoms with van der Waals surface area (Å²) in [5.74, 6) is 1.18. The van der Waals surface area contributed by atoms with Crippen LogP contribution in [0.4, 0.5) is 0 Å². The molecule has 0 atom stereocenters. The standard InChI is InChI=1S/C26H36N2O2/c1-20-8-7-9-21(18-20)19-28-15-12-22(13-16-28)25(29)27-14-17-30-24-11-6-5-10-23(24)26(2,3)4/h5-11,18,22H,12-17,19H2,1-4H3,(H,27,29). The zero-order valence-corrected chi connectivity index (χ0v) is 18.9. The summed E-state index contributed by atoms with van der Waals surface area (Å²) in [6, 6.07) is 16.8. The minimum atomic E-state index is 0.0340. The summed E-state index contributed by atoms with van der Waals surface area (Å²) >= 11 is 0. The lowest BCUT2D eigenvalue weighted by Crippen LogP contribution is -2.41. The fraction of sp³-hybridized carbons (Fsp3) is 0.500. The SMILES string of the molecule is Cc1cccc(CN2CCC(C(=O)NCCOc3ccccc3C(C)(C)C)CC2)c1. The van der Waals surface area contributed by atoms with Gasteiger partial charge in [-0.1, -0.05) is 68.8 Å². The van der Waals surface area contributed by atoms with Crippen LogP contribution in [0.3, 0.4) is 0 Å². The Morgan fingerprint density at radius 1 is 1.10 bits per heavy atom. The summed E-state index contributed by atoms with van der Waals surface area (Å²) in [5.41, 5.74) is 3.88. The fourth-order valence-corrected chi connectivity index (χ4v) is 4.11. The molecular weight excluding hydrogens is 372 g/mol. The molecule has 30 heavy (non-hydrogen) atoms. The van der Waals surface area contributed by atoms with Crippen LogP contribution in [0.15, 0.2) is 48.5 Å². The number of para-hydroxylation sites is 1. The Morgan fingerprint density at radius 3 is 2.53 bits per heavy atom. The maximum absolute atomic E-state index is 12.6. The molecule has 0 radical (unpaired) electrons. The first kappa shape index (κ1) is 22.4. The number of carbonyl (C=O) groups excluding carboxylic acids is 1. The van der Waals surface area contributed by atoms with Gasteiger partial charge in [0, 0.05) is 12.5 Å². The van der Waals surface area contributed by atoms with E-state index in [0.29, 0.717) is 13.2 Å². The summed E-state index contributed by atoms with van der Waals surface area (Å²) < 4.78 is 5.97. The normalized spacial score (nSPS) is 15.7. The molecule has 0 saturated carbocycles. The molecule has 1 aliphatic rings. The van der Waals surface area contributed by atoms with Crippen molar-refractivity contribution in [1.82, 2.24) is 10.2 Å². The van der Waals surface area contributed by atoms with Gasteiger partial charge in [-0.3, -0.25) is 9.69 Å². The van der Waals surface area contributed by atoms with Crippen molar-refractivity contribution in [3.05, 3.63) is 65.2 Å². The summed E-state index contributed by atoms with van der Waals surface area (Å²) in [7, 11) is 0. The number of aryl methyl sites for hydroxylation is 1. The molecule has 0 aliphatic carbocycles. The molecule has 0 bridgehead atoms. The Kier molecular flexibility index (Phi) is 7.54. The van der Waals surface area contributed by atoms with Crippen LogP contribution in [0.1, 0.15) is 50.3 Å². The number of carbonyl (C=O) groups is 1. The first-order chi connectivity index (χ1) is 14.3. The Labute approximate surface area is 181 Å². The number of likely N-dealkylation sites (tertiary alicyclic amines) is 1. The van der Waals surface area contributed by atoms with Gasteiger partial charge < -0.3 is 10.1 Å². The van der Waals surface area contributed by atoms with Crippen molar-refractivity contribution in [3.8, 4) is 5.75 Å². The number of rotatable bonds is 7. The van der Waals surface area contributed by atoms with Crippen LogP contribution < -0.4 is 10.1 Å². The third kappa shape index (κ3) is 6.33. The third-order valence-corrected chi connectivity index (χ3v) is 5.80. The van der Waals surface area contributed by atoms with Crippen molar-refractivity contribution in [2.45, 2.75) is 52.5 Å². The summed E-state index contributed by atoms with van der Waals surface area (Å²) in [6.07, 6.45) is 1.84. The lowest BCUT2D eigenvalue weighted by atomic mass is 9.86. The van der Waals surface area contributed by atoms with Crippen LogP contribution in [0.2, 0.25) is 0 Å². The highest BCUT2D eigenvalue weighted by Crippen LogP contribution is 2.30. The second-order valence-corrected chi connectivity index (χ2v) is 9.43. The molecule has 0 unspecified atom stereocenters. The van der Waals surface area contributed by atoms with E-state index in [9.17, 15) is 4.79 Å². The number of piperidine rings is 1. The van der Waals surface area contributed by atoms with Gasteiger partial charge in [0.05, 0.1) is 6.54 Å².